The van der Waals surface area contributed by atoms with E-state index in [0.29, 0.717) is 12.0 Å². The zero-order chi connectivity index (χ0) is 17.7. The van der Waals surface area contributed by atoms with Crippen molar-refractivity contribution in [3.63, 3.8) is 0 Å². The lowest BCUT2D eigenvalue weighted by molar-refractivity contribution is 0.492. The Bertz CT molecular complexity index is 697. The normalized spacial score (nSPS) is 15.9. The van der Waals surface area contributed by atoms with Crippen LogP contribution in [0.15, 0.2) is 35.3 Å². The second-order valence-corrected chi connectivity index (χ2v) is 8.25. The van der Waals surface area contributed by atoms with Crippen molar-refractivity contribution in [3.8, 4) is 0 Å². The van der Waals surface area contributed by atoms with E-state index >= 15 is 0 Å². The van der Waals surface area contributed by atoms with Gasteiger partial charge in [-0.3, -0.25) is 0 Å². The molecule has 1 aromatic heterocycles. The molecular weight excluding hydrogens is 328 g/mol. The molecule has 1 heterocycles. The second kappa shape index (κ2) is 8.00. The van der Waals surface area contributed by atoms with Gasteiger partial charge in [-0.25, -0.2) is 9.98 Å². The minimum atomic E-state index is 0.395. The zero-order valence-corrected chi connectivity index (χ0v) is 16.2. The molecule has 3 rings (SSSR count). The van der Waals surface area contributed by atoms with Gasteiger partial charge in [0.15, 0.2) is 5.96 Å². The van der Waals surface area contributed by atoms with Crippen molar-refractivity contribution in [1.82, 2.24) is 15.6 Å². The molecule has 0 bridgehead atoms. The molecule has 0 spiro atoms. The van der Waals surface area contributed by atoms with Crippen LogP contribution < -0.4 is 10.6 Å². The molecular formula is C20H28N4S. The third kappa shape index (κ3) is 5.05. The van der Waals surface area contributed by atoms with E-state index < -0.39 is 0 Å². The van der Waals surface area contributed by atoms with E-state index in [0.717, 1.165) is 36.2 Å². The van der Waals surface area contributed by atoms with E-state index in [-0.39, 0.29) is 0 Å². The van der Waals surface area contributed by atoms with Crippen molar-refractivity contribution in [2.45, 2.75) is 46.6 Å². The quantitative estimate of drug-likeness (QED) is 0.585. The summed E-state index contributed by atoms with van der Waals surface area (Å²) in [7, 11) is 0. The number of nitrogens with zero attached hydrogens (tertiary/aromatic N) is 2. The summed E-state index contributed by atoms with van der Waals surface area (Å²) in [6.45, 7) is 8.76. The van der Waals surface area contributed by atoms with Gasteiger partial charge >= 0.3 is 0 Å². The van der Waals surface area contributed by atoms with E-state index in [1.807, 2.05) is 0 Å². The van der Waals surface area contributed by atoms with Crippen molar-refractivity contribution in [2.75, 3.05) is 13.1 Å². The monoisotopic (exact) mass is 356 g/mol. The van der Waals surface area contributed by atoms with Gasteiger partial charge in [0.2, 0.25) is 0 Å². The summed E-state index contributed by atoms with van der Waals surface area (Å²) in [6.07, 6.45) is 3.73. The van der Waals surface area contributed by atoms with Crippen LogP contribution in [0.3, 0.4) is 0 Å². The third-order valence-electron chi connectivity index (χ3n) is 4.80. The maximum Gasteiger partial charge on any atom is 0.191 e. The smallest absolute Gasteiger partial charge is 0.191 e. The van der Waals surface area contributed by atoms with Gasteiger partial charge in [0.05, 0.1) is 12.2 Å². The van der Waals surface area contributed by atoms with Gasteiger partial charge < -0.3 is 10.6 Å². The number of hydrogen-bond donors (Lipinski definition) is 2. The van der Waals surface area contributed by atoms with E-state index in [1.165, 1.54) is 23.3 Å². The molecule has 0 atom stereocenters. The summed E-state index contributed by atoms with van der Waals surface area (Å²) in [4.78, 5) is 10.6. The van der Waals surface area contributed by atoms with E-state index in [4.69, 9.17) is 4.99 Å². The largest absolute Gasteiger partial charge is 0.357 e. The molecule has 0 saturated heterocycles. The lowest BCUT2D eigenvalue weighted by atomic mass is 9.96. The predicted molar refractivity (Wildman–Crippen MR) is 106 cm³/mol. The van der Waals surface area contributed by atoms with Gasteiger partial charge in [0.1, 0.15) is 5.01 Å². The van der Waals surface area contributed by atoms with Crippen LogP contribution in [0, 0.1) is 19.3 Å². The average molecular weight is 357 g/mol. The second-order valence-electron chi connectivity index (χ2n) is 6.96. The van der Waals surface area contributed by atoms with Crippen LogP contribution in [0.5, 0.6) is 0 Å². The topological polar surface area (TPSA) is 49.3 Å². The van der Waals surface area contributed by atoms with Crippen LogP contribution in [0.2, 0.25) is 0 Å². The Labute approximate surface area is 154 Å². The molecule has 0 radical (unpaired) electrons. The van der Waals surface area contributed by atoms with Crippen molar-refractivity contribution in [3.05, 3.63) is 51.5 Å². The first kappa shape index (κ1) is 17.9. The highest BCUT2D eigenvalue weighted by Gasteiger charge is 2.42. The number of hydrogen-bond acceptors (Lipinski definition) is 3. The first-order chi connectivity index (χ1) is 12.1. The highest BCUT2D eigenvalue weighted by atomic mass is 32.1. The van der Waals surface area contributed by atoms with E-state index in [9.17, 15) is 0 Å². The van der Waals surface area contributed by atoms with Crippen LogP contribution in [0.4, 0.5) is 0 Å². The highest BCUT2D eigenvalue weighted by molar-refractivity contribution is 7.11. The molecule has 0 unspecified atom stereocenters. The minimum Gasteiger partial charge on any atom is -0.357 e. The molecule has 0 aliphatic heterocycles. The summed E-state index contributed by atoms with van der Waals surface area (Å²) < 4.78 is 0. The van der Waals surface area contributed by atoms with Gasteiger partial charge in [0, 0.05) is 18.0 Å². The Hall–Kier alpha value is -1.88. The molecule has 1 fully saturated rings. The standard InChI is InChI=1S/C20H28N4S/c1-4-21-19(22-13-18-24-15(2)16(3)25-18)23-14-20(10-11-20)12-17-8-6-5-7-9-17/h5-9H,4,10-14H2,1-3H3,(H2,21,22,23). The van der Waals surface area contributed by atoms with Gasteiger partial charge in [-0.05, 0) is 51.0 Å². The Morgan fingerprint density at radius 2 is 1.96 bits per heavy atom. The first-order valence-electron chi connectivity index (χ1n) is 9.09. The van der Waals surface area contributed by atoms with Gasteiger partial charge in [-0.2, -0.15) is 0 Å². The summed E-state index contributed by atoms with van der Waals surface area (Å²) in [5.41, 5.74) is 2.94. The molecule has 1 saturated carbocycles. The van der Waals surface area contributed by atoms with Gasteiger partial charge in [-0.1, -0.05) is 30.3 Å². The molecule has 4 nitrogen and oxygen atoms in total. The SMILES string of the molecule is CCNC(=NCc1nc(C)c(C)s1)NCC1(Cc2ccccc2)CC1. The number of nitrogens with one attached hydrogen (secondary N) is 2. The van der Waals surface area contributed by atoms with E-state index in [1.54, 1.807) is 11.3 Å². The Kier molecular flexibility index (Phi) is 5.74. The molecule has 5 heteroatoms. The third-order valence-corrected chi connectivity index (χ3v) is 5.86. The molecule has 1 aliphatic carbocycles. The molecule has 1 aromatic carbocycles. The fraction of sp³-hybridized carbons (Fsp3) is 0.500. The zero-order valence-electron chi connectivity index (χ0n) is 15.4. The van der Waals surface area contributed by atoms with Crippen molar-refractivity contribution in [2.24, 2.45) is 10.4 Å². The fourth-order valence-electron chi connectivity index (χ4n) is 2.99. The lowest BCUT2D eigenvalue weighted by Gasteiger charge is -2.18. The molecule has 2 N–H and O–H groups in total. The number of aryl methyl sites for hydroxylation is 2. The summed E-state index contributed by atoms with van der Waals surface area (Å²) in [5, 5.41) is 7.99. The fourth-order valence-corrected chi connectivity index (χ4v) is 3.85. The number of aromatic nitrogens is 1. The van der Waals surface area contributed by atoms with E-state index in [2.05, 4.69) is 66.7 Å². The molecule has 0 amide bonds. The van der Waals surface area contributed by atoms with Crippen molar-refractivity contribution >= 4 is 17.3 Å². The van der Waals surface area contributed by atoms with Crippen molar-refractivity contribution < 1.29 is 0 Å². The Balaban J connectivity index is 1.57. The van der Waals surface area contributed by atoms with Crippen LogP contribution in [0.1, 0.15) is 40.9 Å². The van der Waals surface area contributed by atoms with Crippen LogP contribution in [-0.4, -0.2) is 24.0 Å². The molecule has 134 valence electrons. The number of thiazole rings is 1. The maximum absolute atomic E-state index is 4.72. The molecule has 2 aromatic rings. The Morgan fingerprint density at radius 1 is 1.20 bits per heavy atom. The minimum absolute atomic E-state index is 0.395. The lowest BCUT2D eigenvalue weighted by Crippen LogP contribution is -2.40. The first-order valence-corrected chi connectivity index (χ1v) is 9.91. The number of rotatable bonds is 7. The summed E-state index contributed by atoms with van der Waals surface area (Å²) >= 11 is 1.74. The van der Waals surface area contributed by atoms with Crippen LogP contribution in [0.25, 0.3) is 0 Å². The number of benzene rings is 1. The maximum atomic E-state index is 4.72. The van der Waals surface area contributed by atoms with Gasteiger partial charge in [0.25, 0.3) is 0 Å². The molecule has 25 heavy (non-hydrogen) atoms. The van der Waals surface area contributed by atoms with Gasteiger partial charge in [-0.15, -0.1) is 11.3 Å². The average Bonchev–Trinajstić information content (AvgIpc) is 3.29. The van der Waals surface area contributed by atoms with Crippen LogP contribution in [-0.2, 0) is 13.0 Å². The van der Waals surface area contributed by atoms with Crippen molar-refractivity contribution in [1.29, 1.82) is 0 Å². The Morgan fingerprint density at radius 3 is 2.56 bits per heavy atom. The summed E-state index contributed by atoms with van der Waals surface area (Å²) in [6, 6.07) is 10.8. The summed E-state index contributed by atoms with van der Waals surface area (Å²) in [5.74, 6) is 0.896. The predicted octanol–water partition coefficient (Wildman–Crippen LogP) is 3.84. The molecule has 1 aliphatic rings. The number of aliphatic imine (C=N–C) groups is 1. The highest BCUT2D eigenvalue weighted by Crippen LogP contribution is 2.47. The number of guanidine groups is 1. The van der Waals surface area contributed by atoms with Crippen LogP contribution >= 0.6 is 11.3 Å².